The number of rotatable bonds is 4. The van der Waals surface area contributed by atoms with Gasteiger partial charge < -0.3 is 15.0 Å². The maximum atomic E-state index is 12.0. The first-order valence-corrected chi connectivity index (χ1v) is 5.77. The van der Waals surface area contributed by atoms with Crippen molar-refractivity contribution in [2.45, 2.75) is 39.3 Å². The van der Waals surface area contributed by atoms with E-state index in [2.05, 4.69) is 19.2 Å². The van der Waals surface area contributed by atoms with Crippen LogP contribution in [0.4, 0.5) is 0 Å². The summed E-state index contributed by atoms with van der Waals surface area (Å²) in [7, 11) is 0. The van der Waals surface area contributed by atoms with Gasteiger partial charge >= 0.3 is 0 Å². The highest BCUT2D eigenvalue weighted by Crippen LogP contribution is 2.02. The van der Waals surface area contributed by atoms with Gasteiger partial charge in [-0.1, -0.05) is 6.92 Å². The van der Waals surface area contributed by atoms with Crippen molar-refractivity contribution in [3.8, 4) is 0 Å². The average Bonchev–Trinajstić information content (AvgIpc) is 2.29. The summed E-state index contributed by atoms with van der Waals surface area (Å²) in [5, 5.41) is 3.29. The van der Waals surface area contributed by atoms with Gasteiger partial charge in [0.2, 0.25) is 5.91 Å². The second-order valence-electron chi connectivity index (χ2n) is 4.14. The van der Waals surface area contributed by atoms with Gasteiger partial charge in [0.25, 0.3) is 0 Å². The van der Waals surface area contributed by atoms with Crippen molar-refractivity contribution in [2.75, 3.05) is 26.3 Å². The molecule has 1 N–H and O–H groups in total. The van der Waals surface area contributed by atoms with E-state index < -0.39 is 0 Å². The highest BCUT2D eigenvalue weighted by Gasteiger charge is 2.22. The zero-order valence-electron chi connectivity index (χ0n) is 9.95. The van der Waals surface area contributed by atoms with Crippen LogP contribution < -0.4 is 5.32 Å². The molecule has 0 saturated carbocycles. The van der Waals surface area contributed by atoms with E-state index in [1.165, 1.54) is 0 Å². The molecule has 0 aromatic heterocycles. The molecular formula is C11H22N2O2. The van der Waals surface area contributed by atoms with Gasteiger partial charge in [-0.3, -0.25) is 4.79 Å². The molecule has 0 aromatic rings. The van der Waals surface area contributed by atoms with Crippen molar-refractivity contribution in [1.29, 1.82) is 0 Å². The fraction of sp³-hybridized carbons (Fsp3) is 0.909. The Morgan fingerprint density at radius 2 is 2.00 bits per heavy atom. The van der Waals surface area contributed by atoms with Crippen molar-refractivity contribution in [3.63, 3.8) is 0 Å². The van der Waals surface area contributed by atoms with Crippen molar-refractivity contribution < 1.29 is 9.53 Å². The summed E-state index contributed by atoms with van der Waals surface area (Å²) in [5.74, 6) is 0.193. The summed E-state index contributed by atoms with van der Waals surface area (Å²) in [6.45, 7) is 8.94. The lowest BCUT2D eigenvalue weighted by molar-refractivity contribution is -0.137. The molecule has 1 heterocycles. The van der Waals surface area contributed by atoms with E-state index in [1.807, 2.05) is 11.8 Å². The summed E-state index contributed by atoms with van der Waals surface area (Å²) >= 11 is 0. The van der Waals surface area contributed by atoms with Crippen LogP contribution in [-0.4, -0.2) is 49.2 Å². The largest absolute Gasteiger partial charge is 0.378 e. The predicted molar refractivity (Wildman–Crippen MR) is 59.7 cm³/mol. The Balaban J connectivity index is 2.37. The van der Waals surface area contributed by atoms with Crippen molar-refractivity contribution >= 4 is 5.91 Å². The first-order chi connectivity index (χ1) is 7.15. The third-order valence-electron chi connectivity index (χ3n) is 2.84. The number of morpholine rings is 1. The van der Waals surface area contributed by atoms with Gasteiger partial charge in [0.15, 0.2) is 0 Å². The molecule has 88 valence electrons. The van der Waals surface area contributed by atoms with Crippen LogP contribution in [0.1, 0.15) is 27.2 Å². The van der Waals surface area contributed by atoms with Gasteiger partial charge in [-0.2, -0.15) is 0 Å². The molecule has 15 heavy (non-hydrogen) atoms. The molecule has 2 atom stereocenters. The summed E-state index contributed by atoms with van der Waals surface area (Å²) in [6, 6.07) is 0.308. The topological polar surface area (TPSA) is 41.6 Å². The van der Waals surface area contributed by atoms with E-state index in [0.29, 0.717) is 19.3 Å². The quantitative estimate of drug-likeness (QED) is 0.746. The highest BCUT2D eigenvalue weighted by molar-refractivity contribution is 5.81. The molecule has 4 nitrogen and oxygen atoms in total. The van der Waals surface area contributed by atoms with E-state index in [-0.39, 0.29) is 11.9 Å². The lowest BCUT2D eigenvalue weighted by Crippen LogP contribution is -2.50. The average molecular weight is 214 g/mol. The summed E-state index contributed by atoms with van der Waals surface area (Å²) in [6.07, 6.45) is 1.04. The van der Waals surface area contributed by atoms with E-state index in [4.69, 9.17) is 4.74 Å². The van der Waals surface area contributed by atoms with Crippen LogP contribution in [0.3, 0.4) is 0 Å². The van der Waals surface area contributed by atoms with Crippen LogP contribution in [0.2, 0.25) is 0 Å². The van der Waals surface area contributed by atoms with Crippen molar-refractivity contribution in [2.24, 2.45) is 0 Å². The lowest BCUT2D eigenvalue weighted by Gasteiger charge is -2.30. The van der Waals surface area contributed by atoms with Gasteiger partial charge in [0, 0.05) is 19.1 Å². The van der Waals surface area contributed by atoms with E-state index >= 15 is 0 Å². The van der Waals surface area contributed by atoms with Gasteiger partial charge in [-0.25, -0.2) is 0 Å². The van der Waals surface area contributed by atoms with Gasteiger partial charge in [-0.05, 0) is 20.3 Å². The first kappa shape index (κ1) is 12.5. The zero-order valence-corrected chi connectivity index (χ0v) is 9.95. The second-order valence-corrected chi connectivity index (χ2v) is 4.14. The predicted octanol–water partition coefficient (Wildman–Crippen LogP) is 0.622. The van der Waals surface area contributed by atoms with Gasteiger partial charge in [-0.15, -0.1) is 0 Å². The Morgan fingerprint density at radius 3 is 2.53 bits per heavy atom. The molecule has 2 unspecified atom stereocenters. The maximum Gasteiger partial charge on any atom is 0.239 e. The maximum absolute atomic E-state index is 12.0. The van der Waals surface area contributed by atoms with Crippen LogP contribution >= 0.6 is 0 Å². The molecular weight excluding hydrogens is 192 g/mol. The molecule has 1 aliphatic rings. The molecule has 1 amide bonds. The monoisotopic (exact) mass is 214 g/mol. The van der Waals surface area contributed by atoms with Crippen LogP contribution in [0, 0.1) is 0 Å². The SMILES string of the molecule is CCC(C)NC(C)C(=O)N1CCOCC1. The Morgan fingerprint density at radius 1 is 1.40 bits per heavy atom. The number of carbonyl (C=O) groups is 1. The van der Waals surface area contributed by atoms with Crippen LogP contribution in [0.25, 0.3) is 0 Å². The van der Waals surface area contributed by atoms with Crippen molar-refractivity contribution in [1.82, 2.24) is 10.2 Å². The second kappa shape index (κ2) is 6.08. The zero-order chi connectivity index (χ0) is 11.3. The number of amides is 1. The standard InChI is InChI=1S/C11H22N2O2/c1-4-9(2)12-10(3)11(14)13-5-7-15-8-6-13/h9-10,12H,4-8H2,1-3H3. The molecule has 4 heteroatoms. The number of hydrogen-bond donors (Lipinski definition) is 1. The molecule has 1 saturated heterocycles. The molecule has 0 aliphatic carbocycles. The minimum atomic E-state index is -0.0851. The molecule has 0 spiro atoms. The van der Waals surface area contributed by atoms with E-state index in [0.717, 1.165) is 19.5 Å². The number of carbonyl (C=O) groups excluding carboxylic acids is 1. The van der Waals surface area contributed by atoms with Crippen molar-refractivity contribution in [3.05, 3.63) is 0 Å². The molecule has 1 aliphatic heterocycles. The third-order valence-corrected chi connectivity index (χ3v) is 2.84. The number of hydrogen-bond acceptors (Lipinski definition) is 3. The highest BCUT2D eigenvalue weighted by atomic mass is 16.5. The van der Waals surface area contributed by atoms with Gasteiger partial charge in [0.05, 0.1) is 19.3 Å². The Bertz CT molecular complexity index is 203. The Hall–Kier alpha value is -0.610. The summed E-state index contributed by atoms with van der Waals surface area (Å²) in [4.78, 5) is 13.8. The summed E-state index contributed by atoms with van der Waals surface area (Å²) in [5.41, 5.74) is 0. The smallest absolute Gasteiger partial charge is 0.239 e. The Labute approximate surface area is 92.0 Å². The first-order valence-electron chi connectivity index (χ1n) is 5.77. The fourth-order valence-electron chi connectivity index (χ4n) is 1.67. The van der Waals surface area contributed by atoms with Crippen LogP contribution in [0.15, 0.2) is 0 Å². The molecule has 0 bridgehead atoms. The van der Waals surface area contributed by atoms with Crippen LogP contribution in [0.5, 0.6) is 0 Å². The lowest BCUT2D eigenvalue weighted by atomic mass is 10.2. The Kier molecular flexibility index (Phi) is 5.05. The normalized spacial score (nSPS) is 21.1. The number of nitrogens with zero attached hydrogens (tertiary/aromatic N) is 1. The van der Waals surface area contributed by atoms with E-state index in [1.54, 1.807) is 0 Å². The molecule has 1 rings (SSSR count). The molecule has 0 radical (unpaired) electrons. The fourth-order valence-corrected chi connectivity index (χ4v) is 1.67. The molecule has 0 aromatic carbocycles. The van der Waals surface area contributed by atoms with E-state index in [9.17, 15) is 4.79 Å². The van der Waals surface area contributed by atoms with Gasteiger partial charge in [0.1, 0.15) is 0 Å². The minimum Gasteiger partial charge on any atom is -0.378 e. The third kappa shape index (κ3) is 3.80. The van der Waals surface area contributed by atoms with Crippen LogP contribution in [-0.2, 0) is 9.53 Å². The number of nitrogens with one attached hydrogen (secondary N) is 1. The minimum absolute atomic E-state index is 0.0851. The summed E-state index contributed by atoms with van der Waals surface area (Å²) < 4.78 is 5.22. The number of ether oxygens (including phenoxy) is 1. The molecule has 1 fully saturated rings.